The van der Waals surface area contributed by atoms with Gasteiger partial charge in [-0.1, -0.05) is 6.07 Å². The molecule has 0 saturated carbocycles. The third-order valence-electron chi connectivity index (χ3n) is 3.90. The first-order chi connectivity index (χ1) is 11.7. The molecular weight excluding hydrogens is 346 g/mol. The first-order valence-electron chi connectivity index (χ1n) is 7.41. The van der Waals surface area contributed by atoms with Gasteiger partial charge in [-0.05, 0) is 11.4 Å². The van der Waals surface area contributed by atoms with E-state index in [0.29, 0.717) is 29.5 Å². The Morgan fingerprint density at radius 3 is 2.42 bits per heavy atom. The molecule has 5 nitrogen and oxygen atoms in total. The zero-order chi connectivity index (χ0) is 17.1. The molecule has 1 unspecified atom stereocenters. The predicted molar refractivity (Wildman–Crippen MR) is 96.2 cm³/mol. The second-order valence-corrected chi connectivity index (χ2v) is 7.26. The molecule has 2 heterocycles. The van der Waals surface area contributed by atoms with Crippen molar-refractivity contribution >= 4 is 29.0 Å². The van der Waals surface area contributed by atoms with Crippen molar-refractivity contribution < 1.29 is 19.0 Å². The highest BCUT2D eigenvalue weighted by Gasteiger charge is 2.34. The van der Waals surface area contributed by atoms with Crippen LogP contribution in [0.2, 0.25) is 0 Å². The molecular formula is C17H19NO4S2. The number of hydrogen-bond acceptors (Lipinski definition) is 6. The lowest BCUT2D eigenvalue weighted by Gasteiger charge is -2.25. The summed E-state index contributed by atoms with van der Waals surface area (Å²) in [7, 11) is 4.81. The van der Waals surface area contributed by atoms with Crippen LogP contribution < -0.4 is 14.2 Å². The molecule has 2 aromatic rings. The molecule has 7 heteroatoms. The van der Waals surface area contributed by atoms with Crippen molar-refractivity contribution in [3.8, 4) is 17.2 Å². The van der Waals surface area contributed by atoms with Crippen LogP contribution in [0, 0.1) is 0 Å². The zero-order valence-corrected chi connectivity index (χ0v) is 15.4. The minimum Gasteiger partial charge on any atom is -0.496 e. The summed E-state index contributed by atoms with van der Waals surface area (Å²) in [5.41, 5.74) is 0.846. The molecule has 24 heavy (non-hydrogen) atoms. The third kappa shape index (κ3) is 3.18. The molecule has 1 aromatic heterocycles. The molecule has 1 saturated heterocycles. The Balaban J connectivity index is 1.95. The van der Waals surface area contributed by atoms with Crippen molar-refractivity contribution in [3.63, 3.8) is 0 Å². The van der Waals surface area contributed by atoms with Crippen LogP contribution in [0.3, 0.4) is 0 Å². The summed E-state index contributed by atoms with van der Waals surface area (Å²) < 4.78 is 16.3. The van der Waals surface area contributed by atoms with Crippen LogP contribution in [0.25, 0.3) is 0 Å². The number of thioether (sulfide) groups is 1. The predicted octanol–water partition coefficient (Wildman–Crippen LogP) is 3.55. The fourth-order valence-corrected chi connectivity index (χ4v) is 4.86. The monoisotopic (exact) mass is 365 g/mol. The topological polar surface area (TPSA) is 48.0 Å². The van der Waals surface area contributed by atoms with E-state index in [4.69, 9.17) is 14.2 Å². The summed E-state index contributed by atoms with van der Waals surface area (Å²) in [6, 6.07) is 7.70. The average molecular weight is 365 g/mol. The summed E-state index contributed by atoms with van der Waals surface area (Å²) in [5.74, 6) is 2.58. The lowest BCUT2D eigenvalue weighted by Crippen LogP contribution is -2.27. The van der Waals surface area contributed by atoms with E-state index < -0.39 is 0 Å². The number of ether oxygens (including phenoxy) is 3. The van der Waals surface area contributed by atoms with E-state index in [1.54, 1.807) is 44.4 Å². The molecule has 1 amide bonds. The van der Waals surface area contributed by atoms with Gasteiger partial charge < -0.3 is 19.1 Å². The number of benzene rings is 1. The molecule has 0 radical (unpaired) electrons. The van der Waals surface area contributed by atoms with E-state index in [1.165, 1.54) is 4.88 Å². The number of hydrogen-bond donors (Lipinski definition) is 0. The summed E-state index contributed by atoms with van der Waals surface area (Å²) in [5, 5.41) is 2.07. The number of nitrogens with zero attached hydrogens (tertiary/aromatic N) is 1. The SMILES string of the molecule is COc1cc(OC)c(CN2C(=O)CSC2c2cccs2)c(OC)c1. The maximum atomic E-state index is 12.4. The van der Waals surface area contributed by atoms with Crippen LogP contribution in [0.4, 0.5) is 0 Å². The Kier molecular flexibility index (Phi) is 5.20. The van der Waals surface area contributed by atoms with Crippen molar-refractivity contribution in [2.45, 2.75) is 11.9 Å². The maximum absolute atomic E-state index is 12.4. The summed E-state index contributed by atoms with van der Waals surface area (Å²) in [6.07, 6.45) is 0. The van der Waals surface area contributed by atoms with Crippen LogP contribution in [-0.4, -0.2) is 37.9 Å². The van der Waals surface area contributed by atoms with Gasteiger partial charge in [0.05, 0.1) is 39.2 Å². The number of thiophene rings is 1. The Morgan fingerprint density at radius 2 is 1.88 bits per heavy atom. The van der Waals surface area contributed by atoms with Crippen LogP contribution >= 0.6 is 23.1 Å². The molecule has 0 bridgehead atoms. The molecule has 1 aliphatic rings. The molecule has 1 aliphatic heterocycles. The summed E-state index contributed by atoms with van der Waals surface area (Å²) >= 11 is 3.32. The molecule has 1 atom stereocenters. The van der Waals surface area contributed by atoms with Crippen molar-refractivity contribution in [1.82, 2.24) is 4.90 Å². The zero-order valence-electron chi connectivity index (χ0n) is 13.8. The largest absolute Gasteiger partial charge is 0.496 e. The van der Waals surface area contributed by atoms with E-state index in [2.05, 4.69) is 6.07 Å². The Hall–Kier alpha value is -1.86. The second kappa shape index (κ2) is 7.36. The first-order valence-corrected chi connectivity index (χ1v) is 9.34. The molecule has 3 rings (SSSR count). The van der Waals surface area contributed by atoms with Gasteiger partial charge in [0.15, 0.2) is 0 Å². The van der Waals surface area contributed by atoms with Crippen molar-refractivity contribution in [2.24, 2.45) is 0 Å². The molecule has 128 valence electrons. The van der Waals surface area contributed by atoms with Crippen molar-refractivity contribution in [1.29, 1.82) is 0 Å². The van der Waals surface area contributed by atoms with Gasteiger partial charge in [-0.2, -0.15) is 0 Å². The fraction of sp³-hybridized carbons (Fsp3) is 0.353. The van der Waals surface area contributed by atoms with Crippen molar-refractivity contribution in [2.75, 3.05) is 27.1 Å². The van der Waals surface area contributed by atoms with E-state index in [9.17, 15) is 4.79 Å². The minimum absolute atomic E-state index is 0.0361. The smallest absolute Gasteiger partial charge is 0.234 e. The van der Waals surface area contributed by atoms with Gasteiger partial charge in [0.2, 0.25) is 5.91 Å². The highest BCUT2D eigenvalue weighted by atomic mass is 32.2. The Bertz CT molecular complexity index is 692. The number of rotatable bonds is 6. The Labute approximate surface area is 149 Å². The van der Waals surface area contributed by atoms with Gasteiger partial charge in [-0.3, -0.25) is 4.79 Å². The van der Waals surface area contributed by atoms with Crippen molar-refractivity contribution in [3.05, 3.63) is 40.1 Å². The molecule has 0 aliphatic carbocycles. The Morgan fingerprint density at radius 1 is 1.17 bits per heavy atom. The van der Waals surface area contributed by atoms with Crippen LogP contribution in [0.5, 0.6) is 17.2 Å². The summed E-state index contributed by atoms with van der Waals surface area (Å²) in [6.45, 7) is 0.435. The highest BCUT2D eigenvalue weighted by molar-refractivity contribution is 8.00. The lowest BCUT2D eigenvalue weighted by atomic mass is 10.1. The van der Waals surface area contributed by atoms with Crippen LogP contribution in [0.15, 0.2) is 29.6 Å². The maximum Gasteiger partial charge on any atom is 0.234 e. The molecule has 0 N–H and O–H groups in total. The number of methoxy groups -OCH3 is 3. The first kappa shape index (κ1) is 17.0. The average Bonchev–Trinajstić information content (AvgIpc) is 3.25. The van der Waals surface area contributed by atoms with E-state index in [1.807, 2.05) is 28.5 Å². The third-order valence-corrected chi connectivity index (χ3v) is 6.21. The fourth-order valence-electron chi connectivity index (χ4n) is 2.70. The minimum atomic E-state index is 0.0361. The van der Waals surface area contributed by atoms with E-state index in [0.717, 1.165) is 5.56 Å². The van der Waals surface area contributed by atoms with Crippen LogP contribution in [0.1, 0.15) is 15.8 Å². The van der Waals surface area contributed by atoms with Gasteiger partial charge in [0, 0.05) is 17.0 Å². The standard InChI is InChI=1S/C17H19NO4S2/c1-20-11-7-13(21-2)12(14(8-11)22-3)9-18-16(19)10-24-17(18)15-5-4-6-23-15/h4-8,17H,9-10H2,1-3H3. The van der Waals surface area contributed by atoms with E-state index in [-0.39, 0.29) is 11.3 Å². The quantitative estimate of drug-likeness (QED) is 0.783. The van der Waals surface area contributed by atoms with Gasteiger partial charge in [-0.25, -0.2) is 0 Å². The van der Waals surface area contributed by atoms with E-state index >= 15 is 0 Å². The highest BCUT2D eigenvalue weighted by Crippen LogP contribution is 2.44. The van der Waals surface area contributed by atoms with Crippen LogP contribution in [-0.2, 0) is 11.3 Å². The number of amides is 1. The summed E-state index contributed by atoms with van der Waals surface area (Å²) in [4.78, 5) is 15.5. The second-order valence-electron chi connectivity index (χ2n) is 5.21. The van der Waals surface area contributed by atoms with Gasteiger partial charge in [0.25, 0.3) is 0 Å². The lowest BCUT2D eigenvalue weighted by molar-refractivity contribution is -0.128. The number of carbonyl (C=O) groups excluding carboxylic acids is 1. The van der Waals surface area contributed by atoms with Gasteiger partial charge in [0.1, 0.15) is 22.6 Å². The van der Waals surface area contributed by atoms with Gasteiger partial charge >= 0.3 is 0 Å². The molecule has 0 spiro atoms. The number of carbonyl (C=O) groups is 1. The molecule has 1 aromatic carbocycles. The normalized spacial score (nSPS) is 17.2. The molecule has 1 fully saturated rings. The van der Waals surface area contributed by atoms with Gasteiger partial charge in [-0.15, -0.1) is 23.1 Å².